The summed E-state index contributed by atoms with van der Waals surface area (Å²) < 4.78 is 0. The van der Waals surface area contributed by atoms with Crippen molar-refractivity contribution >= 4 is 5.97 Å². The molecule has 0 aliphatic heterocycles. The maximum Gasteiger partial charge on any atom is 0.340 e. The van der Waals surface area contributed by atoms with Crippen molar-refractivity contribution in [3.8, 4) is 0 Å². The van der Waals surface area contributed by atoms with Crippen molar-refractivity contribution in [2.24, 2.45) is 7.05 Å². The van der Waals surface area contributed by atoms with Crippen LogP contribution in [0.1, 0.15) is 11.9 Å². The third-order valence-corrected chi connectivity index (χ3v) is 1.00. The topological polar surface area (TPSA) is 101 Å². The van der Waals surface area contributed by atoms with Gasteiger partial charge in [-0.05, 0) is 5.21 Å². The predicted molar refractivity (Wildman–Crippen MR) is 31.4 cm³/mol. The standard InChI is InChI=1S/C4H6N4O3/c1-8-6-3(5-7-8)2(9)4(10)11/h2,9H,1H3,(H,10,11). The van der Waals surface area contributed by atoms with Gasteiger partial charge in [-0.3, -0.25) is 0 Å². The molecule has 11 heavy (non-hydrogen) atoms. The first kappa shape index (κ1) is 7.61. The van der Waals surface area contributed by atoms with Crippen LogP contribution in [0.5, 0.6) is 0 Å². The van der Waals surface area contributed by atoms with Crippen molar-refractivity contribution in [3.05, 3.63) is 5.82 Å². The molecule has 0 radical (unpaired) electrons. The van der Waals surface area contributed by atoms with Crippen LogP contribution in [0.2, 0.25) is 0 Å². The fourth-order valence-electron chi connectivity index (χ4n) is 0.519. The number of aromatic nitrogens is 4. The van der Waals surface area contributed by atoms with Gasteiger partial charge in [-0.15, -0.1) is 10.2 Å². The monoisotopic (exact) mass is 158 g/mol. The van der Waals surface area contributed by atoms with E-state index in [4.69, 9.17) is 10.2 Å². The van der Waals surface area contributed by atoms with Crippen LogP contribution in [-0.2, 0) is 11.8 Å². The maximum atomic E-state index is 10.1. The van der Waals surface area contributed by atoms with Crippen molar-refractivity contribution in [1.29, 1.82) is 0 Å². The van der Waals surface area contributed by atoms with E-state index in [2.05, 4.69) is 15.4 Å². The highest BCUT2D eigenvalue weighted by Crippen LogP contribution is 2.03. The van der Waals surface area contributed by atoms with Crippen molar-refractivity contribution < 1.29 is 15.0 Å². The number of hydrogen-bond donors (Lipinski definition) is 2. The second kappa shape index (κ2) is 2.62. The van der Waals surface area contributed by atoms with Crippen LogP contribution < -0.4 is 0 Å². The average Bonchev–Trinajstić information content (AvgIpc) is 2.34. The summed E-state index contributed by atoms with van der Waals surface area (Å²) in [6.07, 6.45) is -1.69. The van der Waals surface area contributed by atoms with Crippen molar-refractivity contribution in [3.63, 3.8) is 0 Å². The van der Waals surface area contributed by atoms with Gasteiger partial charge in [-0.25, -0.2) is 4.79 Å². The number of rotatable bonds is 2. The van der Waals surface area contributed by atoms with Gasteiger partial charge in [0.2, 0.25) is 11.9 Å². The number of carboxylic acids is 1. The Labute approximate surface area is 61.3 Å². The molecule has 1 heterocycles. The van der Waals surface area contributed by atoms with E-state index in [-0.39, 0.29) is 5.82 Å². The second-order valence-corrected chi connectivity index (χ2v) is 1.88. The summed E-state index contributed by atoms with van der Waals surface area (Å²) in [6, 6.07) is 0. The summed E-state index contributed by atoms with van der Waals surface area (Å²) in [6.45, 7) is 0. The van der Waals surface area contributed by atoms with Gasteiger partial charge in [0.1, 0.15) is 0 Å². The van der Waals surface area contributed by atoms with Crippen LogP contribution in [0.25, 0.3) is 0 Å². The molecule has 1 rings (SSSR count). The minimum Gasteiger partial charge on any atom is -0.479 e. The Hall–Kier alpha value is -1.50. The molecule has 60 valence electrons. The van der Waals surface area contributed by atoms with Gasteiger partial charge in [0.15, 0.2) is 0 Å². The minimum atomic E-state index is -1.69. The Morgan fingerprint density at radius 2 is 2.36 bits per heavy atom. The summed E-state index contributed by atoms with van der Waals surface area (Å²) in [5.41, 5.74) is 0. The van der Waals surface area contributed by atoms with E-state index in [1.807, 2.05) is 0 Å². The highest BCUT2D eigenvalue weighted by molar-refractivity contribution is 5.72. The predicted octanol–water partition coefficient (Wildman–Crippen LogP) is -1.67. The number of carbonyl (C=O) groups is 1. The first-order valence-electron chi connectivity index (χ1n) is 2.76. The third-order valence-electron chi connectivity index (χ3n) is 1.00. The first-order valence-corrected chi connectivity index (χ1v) is 2.76. The highest BCUT2D eigenvalue weighted by atomic mass is 16.4. The molecular formula is C4H6N4O3. The normalized spacial score (nSPS) is 12.9. The Balaban J connectivity index is 2.84. The fraction of sp³-hybridized carbons (Fsp3) is 0.500. The molecule has 0 aromatic carbocycles. The van der Waals surface area contributed by atoms with Crippen LogP contribution in [0.15, 0.2) is 0 Å². The Bertz CT molecular complexity index is 270. The zero-order valence-electron chi connectivity index (χ0n) is 5.67. The second-order valence-electron chi connectivity index (χ2n) is 1.88. The van der Waals surface area contributed by atoms with E-state index >= 15 is 0 Å². The van der Waals surface area contributed by atoms with E-state index in [1.165, 1.54) is 7.05 Å². The van der Waals surface area contributed by atoms with Crippen molar-refractivity contribution in [2.75, 3.05) is 0 Å². The van der Waals surface area contributed by atoms with E-state index in [0.717, 1.165) is 4.80 Å². The molecule has 0 spiro atoms. The average molecular weight is 158 g/mol. The molecular weight excluding hydrogens is 152 g/mol. The van der Waals surface area contributed by atoms with Gasteiger partial charge in [0, 0.05) is 0 Å². The Morgan fingerprint density at radius 1 is 1.73 bits per heavy atom. The zero-order valence-corrected chi connectivity index (χ0v) is 5.67. The van der Waals surface area contributed by atoms with Crippen LogP contribution in [0.3, 0.4) is 0 Å². The lowest BCUT2D eigenvalue weighted by atomic mass is 10.3. The lowest BCUT2D eigenvalue weighted by Gasteiger charge is -1.95. The number of tetrazole rings is 1. The molecule has 0 bridgehead atoms. The lowest BCUT2D eigenvalue weighted by molar-refractivity contribution is -0.147. The van der Waals surface area contributed by atoms with Crippen LogP contribution >= 0.6 is 0 Å². The third kappa shape index (κ3) is 1.49. The molecule has 0 amide bonds. The number of carboxylic acid groups (broad SMARTS) is 1. The van der Waals surface area contributed by atoms with Crippen molar-refractivity contribution in [1.82, 2.24) is 20.2 Å². The van der Waals surface area contributed by atoms with Crippen LogP contribution in [0.4, 0.5) is 0 Å². The SMILES string of the molecule is Cn1nnc(C(O)C(=O)O)n1. The number of aliphatic hydroxyl groups excluding tert-OH is 1. The molecule has 0 saturated carbocycles. The van der Waals surface area contributed by atoms with Crippen molar-refractivity contribution in [2.45, 2.75) is 6.10 Å². The summed E-state index contributed by atoms with van der Waals surface area (Å²) in [5, 5.41) is 27.3. The van der Waals surface area contributed by atoms with E-state index in [0.29, 0.717) is 0 Å². The molecule has 0 aliphatic rings. The summed E-state index contributed by atoms with van der Waals surface area (Å²) in [4.78, 5) is 11.2. The lowest BCUT2D eigenvalue weighted by Crippen LogP contribution is -2.12. The van der Waals surface area contributed by atoms with E-state index in [9.17, 15) is 4.79 Å². The molecule has 1 aromatic rings. The first-order chi connectivity index (χ1) is 5.11. The number of aryl methyl sites for hydroxylation is 1. The van der Waals surface area contributed by atoms with Crippen LogP contribution in [-0.4, -0.2) is 36.4 Å². The molecule has 2 N–H and O–H groups in total. The summed E-state index contributed by atoms with van der Waals surface area (Å²) in [5.74, 6) is -1.60. The smallest absolute Gasteiger partial charge is 0.340 e. The minimum absolute atomic E-state index is 0.208. The van der Waals surface area contributed by atoms with Crippen LogP contribution in [0, 0.1) is 0 Å². The molecule has 7 heteroatoms. The highest BCUT2D eigenvalue weighted by Gasteiger charge is 2.20. The Kier molecular flexibility index (Phi) is 1.81. The molecule has 0 fully saturated rings. The molecule has 0 saturated heterocycles. The van der Waals surface area contributed by atoms with Gasteiger partial charge in [-0.1, -0.05) is 0 Å². The van der Waals surface area contributed by atoms with Gasteiger partial charge in [-0.2, -0.15) is 4.80 Å². The molecule has 1 unspecified atom stereocenters. The largest absolute Gasteiger partial charge is 0.479 e. The van der Waals surface area contributed by atoms with E-state index in [1.54, 1.807) is 0 Å². The summed E-state index contributed by atoms with van der Waals surface area (Å²) >= 11 is 0. The fourth-order valence-corrected chi connectivity index (χ4v) is 0.519. The Morgan fingerprint density at radius 3 is 2.73 bits per heavy atom. The number of hydrogen-bond acceptors (Lipinski definition) is 5. The molecule has 1 atom stereocenters. The molecule has 0 aliphatic carbocycles. The van der Waals surface area contributed by atoms with Gasteiger partial charge >= 0.3 is 5.97 Å². The van der Waals surface area contributed by atoms with Gasteiger partial charge < -0.3 is 10.2 Å². The molecule has 1 aromatic heterocycles. The number of aliphatic carboxylic acids is 1. The molecule has 7 nitrogen and oxygen atoms in total. The zero-order chi connectivity index (χ0) is 8.43. The summed E-state index contributed by atoms with van der Waals surface area (Å²) in [7, 11) is 1.48. The quantitative estimate of drug-likeness (QED) is 0.533. The van der Waals surface area contributed by atoms with E-state index < -0.39 is 12.1 Å². The maximum absolute atomic E-state index is 10.1. The number of aliphatic hydroxyl groups is 1. The van der Waals surface area contributed by atoms with Gasteiger partial charge in [0.25, 0.3) is 0 Å². The number of nitrogens with zero attached hydrogens (tertiary/aromatic N) is 4. The van der Waals surface area contributed by atoms with Gasteiger partial charge in [0.05, 0.1) is 7.05 Å².